The van der Waals surface area contributed by atoms with E-state index in [0.717, 1.165) is 6.54 Å². The molecule has 1 aliphatic rings. The SMILES string of the molecule is CC(C)O[C@@H]1OCN(C(C)(C)C)CC1(C)C. The zero-order valence-corrected chi connectivity index (χ0v) is 11.8. The van der Waals surface area contributed by atoms with Gasteiger partial charge in [-0.3, -0.25) is 4.90 Å². The van der Waals surface area contributed by atoms with Crippen molar-refractivity contribution in [2.45, 2.75) is 66.4 Å². The van der Waals surface area contributed by atoms with Gasteiger partial charge in [0.25, 0.3) is 0 Å². The maximum atomic E-state index is 5.85. The van der Waals surface area contributed by atoms with Crippen molar-refractivity contribution in [1.82, 2.24) is 4.90 Å². The minimum Gasteiger partial charge on any atom is -0.349 e. The van der Waals surface area contributed by atoms with E-state index in [1.807, 2.05) is 0 Å². The van der Waals surface area contributed by atoms with Crippen molar-refractivity contribution in [3.63, 3.8) is 0 Å². The van der Waals surface area contributed by atoms with Crippen LogP contribution in [0.5, 0.6) is 0 Å². The summed E-state index contributed by atoms with van der Waals surface area (Å²) < 4.78 is 11.7. The van der Waals surface area contributed by atoms with Crippen molar-refractivity contribution < 1.29 is 9.47 Å². The first-order valence-electron chi connectivity index (χ1n) is 6.15. The summed E-state index contributed by atoms with van der Waals surface area (Å²) in [5, 5.41) is 0. The molecule has 1 fully saturated rings. The highest BCUT2D eigenvalue weighted by molar-refractivity contribution is 4.86. The molecule has 0 aromatic heterocycles. The van der Waals surface area contributed by atoms with Crippen LogP contribution in [-0.2, 0) is 9.47 Å². The lowest BCUT2D eigenvalue weighted by molar-refractivity contribution is -0.275. The van der Waals surface area contributed by atoms with Gasteiger partial charge in [-0.05, 0) is 34.6 Å². The average molecular weight is 229 g/mol. The highest BCUT2D eigenvalue weighted by Crippen LogP contribution is 2.33. The van der Waals surface area contributed by atoms with Crippen molar-refractivity contribution in [3.8, 4) is 0 Å². The van der Waals surface area contributed by atoms with Crippen LogP contribution in [0.4, 0.5) is 0 Å². The van der Waals surface area contributed by atoms with Gasteiger partial charge >= 0.3 is 0 Å². The highest BCUT2D eigenvalue weighted by atomic mass is 16.7. The Morgan fingerprint density at radius 1 is 1.31 bits per heavy atom. The van der Waals surface area contributed by atoms with E-state index in [0.29, 0.717) is 6.73 Å². The van der Waals surface area contributed by atoms with Gasteiger partial charge < -0.3 is 9.47 Å². The molecule has 0 unspecified atom stereocenters. The van der Waals surface area contributed by atoms with E-state index in [-0.39, 0.29) is 23.3 Å². The van der Waals surface area contributed by atoms with Crippen LogP contribution in [0.25, 0.3) is 0 Å². The molecule has 0 aromatic carbocycles. The third-order valence-corrected chi connectivity index (χ3v) is 2.96. The average Bonchev–Trinajstić information content (AvgIpc) is 2.05. The fourth-order valence-corrected chi connectivity index (χ4v) is 1.90. The lowest BCUT2D eigenvalue weighted by Gasteiger charge is -2.48. The summed E-state index contributed by atoms with van der Waals surface area (Å²) in [6.45, 7) is 16.8. The molecule has 0 amide bonds. The molecule has 0 N–H and O–H groups in total. The topological polar surface area (TPSA) is 21.7 Å². The summed E-state index contributed by atoms with van der Waals surface area (Å²) in [7, 11) is 0. The molecule has 3 nitrogen and oxygen atoms in total. The summed E-state index contributed by atoms with van der Waals surface area (Å²) in [4.78, 5) is 2.35. The molecule has 0 spiro atoms. The van der Waals surface area contributed by atoms with Crippen molar-refractivity contribution in [1.29, 1.82) is 0 Å². The number of hydrogen-bond acceptors (Lipinski definition) is 3. The minimum absolute atomic E-state index is 0.0375. The normalized spacial score (nSPS) is 27.4. The first-order chi connectivity index (χ1) is 7.13. The summed E-state index contributed by atoms with van der Waals surface area (Å²) in [5.41, 5.74) is 0.190. The molecule has 1 saturated heterocycles. The van der Waals surface area contributed by atoms with Gasteiger partial charge in [-0.15, -0.1) is 0 Å². The fraction of sp³-hybridized carbons (Fsp3) is 1.00. The van der Waals surface area contributed by atoms with Crippen molar-refractivity contribution >= 4 is 0 Å². The molecular weight excluding hydrogens is 202 g/mol. The third kappa shape index (κ3) is 3.44. The summed E-state index contributed by atoms with van der Waals surface area (Å²) in [5.74, 6) is 0. The Balaban J connectivity index is 2.66. The lowest BCUT2D eigenvalue weighted by atomic mass is 9.88. The largest absolute Gasteiger partial charge is 0.349 e. The third-order valence-electron chi connectivity index (χ3n) is 2.96. The molecule has 0 aliphatic carbocycles. The van der Waals surface area contributed by atoms with E-state index in [1.165, 1.54) is 0 Å². The van der Waals surface area contributed by atoms with Gasteiger partial charge in [-0.2, -0.15) is 0 Å². The van der Waals surface area contributed by atoms with Crippen LogP contribution >= 0.6 is 0 Å². The fourth-order valence-electron chi connectivity index (χ4n) is 1.90. The Hall–Kier alpha value is -0.120. The van der Waals surface area contributed by atoms with Crippen LogP contribution in [0.2, 0.25) is 0 Å². The van der Waals surface area contributed by atoms with Crippen molar-refractivity contribution in [3.05, 3.63) is 0 Å². The highest BCUT2D eigenvalue weighted by Gasteiger charge is 2.41. The molecule has 0 aromatic rings. The molecule has 96 valence electrons. The Morgan fingerprint density at radius 2 is 1.88 bits per heavy atom. The molecule has 0 bridgehead atoms. The molecule has 1 heterocycles. The molecule has 0 radical (unpaired) electrons. The standard InChI is InChI=1S/C13H27NO2/c1-10(2)16-11-13(6,7)8-14(9-15-11)12(3,4)5/h10-11H,8-9H2,1-7H3/t11-/m0/s1. The number of nitrogens with zero attached hydrogens (tertiary/aromatic N) is 1. The Labute approximate surface area is 100 Å². The van der Waals surface area contributed by atoms with Gasteiger partial charge in [-0.1, -0.05) is 13.8 Å². The van der Waals surface area contributed by atoms with Gasteiger partial charge in [0.2, 0.25) is 0 Å². The van der Waals surface area contributed by atoms with Crippen molar-refractivity contribution in [2.75, 3.05) is 13.3 Å². The molecule has 3 heteroatoms. The van der Waals surface area contributed by atoms with E-state index >= 15 is 0 Å². The second-order valence-corrected chi connectivity index (χ2v) is 6.67. The van der Waals surface area contributed by atoms with E-state index in [4.69, 9.17) is 9.47 Å². The molecule has 16 heavy (non-hydrogen) atoms. The smallest absolute Gasteiger partial charge is 0.165 e. The first-order valence-corrected chi connectivity index (χ1v) is 6.15. The van der Waals surface area contributed by atoms with Gasteiger partial charge in [0.15, 0.2) is 6.29 Å². The first kappa shape index (κ1) is 13.9. The van der Waals surface area contributed by atoms with E-state index < -0.39 is 0 Å². The van der Waals surface area contributed by atoms with Gasteiger partial charge in [0.1, 0.15) is 6.73 Å². The Bertz CT molecular complexity index is 231. The maximum Gasteiger partial charge on any atom is 0.165 e. The zero-order chi connectivity index (χ0) is 12.6. The summed E-state index contributed by atoms with van der Waals surface area (Å²) in [6, 6.07) is 0. The van der Waals surface area contributed by atoms with Crippen LogP contribution in [0, 0.1) is 5.41 Å². The van der Waals surface area contributed by atoms with Crippen LogP contribution in [0.3, 0.4) is 0 Å². The zero-order valence-electron chi connectivity index (χ0n) is 11.8. The molecular formula is C13H27NO2. The van der Waals surface area contributed by atoms with E-state index in [9.17, 15) is 0 Å². The quantitative estimate of drug-likeness (QED) is 0.727. The maximum absolute atomic E-state index is 5.85. The van der Waals surface area contributed by atoms with E-state index in [1.54, 1.807) is 0 Å². The van der Waals surface area contributed by atoms with Crippen molar-refractivity contribution in [2.24, 2.45) is 5.41 Å². The number of rotatable bonds is 2. The Morgan fingerprint density at radius 3 is 2.25 bits per heavy atom. The molecule has 1 atom stereocenters. The molecule has 0 saturated carbocycles. The second-order valence-electron chi connectivity index (χ2n) is 6.67. The predicted octanol–water partition coefficient (Wildman–Crippen LogP) is 2.85. The lowest BCUT2D eigenvalue weighted by Crippen LogP contribution is -2.57. The molecule has 1 rings (SSSR count). The predicted molar refractivity (Wildman–Crippen MR) is 66.2 cm³/mol. The van der Waals surface area contributed by atoms with Gasteiger partial charge in [0.05, 0.1) is 6.10 Å². The van der Waals surface area contributed by atoms with E-state index in [2.05, 4.69) is 53.4 Å². The molecule has 1 aliphatic heterocycles. The number of hydrogen-bond donors (Lipinski definition) is 0. The van der Waals surface area contributed by atoms with Crippen LogP contribution in [0.15, 0.2) is 0 Å². The summed E-state index contributed by atoms with van der Waals surface area (Å²) in [6.07, 6.45) is 0.122. The Kier molecular flexibility index (Phi) is 4.04. The summed E-state index contributed by atoms with van der Waals surface area (Å²) >= 11 is 0. The van der Waals surface area contributed by atoms with Crippen LogP contribution < -0.4 is 0 Å². The van der Waals surface area contributed by atoms with Crippen LogP contribution in [-0.4, -0.2) is 36.1 Å². The monoisotopic (exact) mass is 229 g/mol. The number of ether oxygens (including phenoxy) is 2. The van der Waals surface area contributed by atoms with Gasteiger partial charge in [0, 0.05) is 17.5 Å². The second kappa shape index (κ2) is 4.63. The van der Waals surface area contributed by atoms with Gasteiger partial charge in [-0.25, -0.2) is 0 Å². The minimum atomic E-state index is -0.0916. The van der Waals surface area contributed by atoms with Crippen LogP contribution in [0.1, 0.15) is 48.5 Å².